The number of amides is 2. The van der Waals surface area contributed by atoms with Crippen LogP contribution in [-0.2, 0) is 15.1 Å². The molecule has 5 nitrogen and oxygen atoms in total. The normalized spacial score (nSPS) is 15.4. The molecule has 2 amide bonds. The number of primary amides is 1. The Bertz CT molecular complexity index is 493. The van der Waals surface area contributed by atoms with E-state index in [1.807, 2.05) is 0 Å². The summed E-state index contributed by atoms with van der Waals surface area (Å²) in [6.45, 7) is 3.41. The minimum atomic E-state index is -1.31. The Kier molecular flexibility index (Phi) is 4.91. The van der Waals surface area contributed by atoms with Gasteiger partial charge in [0.15, 0.2) is 0 Å². The average Bonchev–Trinajstić information content (AvgIpc) is 2.37. The van der Waals surface area contributed by atoms with Crippen LogP contribution < -0.4 is 16.8 Å². The van der Waals surface area contributed by atoms with E-state index in [4.69, 9.17) is 23.1 Å². The van der Waals surface area contributed by atoms with E-state index >= 15 is 0 Å². The number of halogens is 1. The van der Waals surface area contributed by atoms with Gasteiger partial charge in [0.1, 0.15) is 5.54 Å². The van der Waals surface area contributed by atoms with E-state index in [2.05, 4.69) is 5.32 Å². The zero-order valence-electron chi connectivity index (χ0n) is 10.9. The van der Waals surface area contributed by atoms with E-state index in [-0.39, 0.29) is 12.5 Å². The zero-order chi connectivity index (χ0) is 14.6. The van der Waals surface area contributed by atoms with Gasteiger partial charge in [0.25, 0.3) is 0 Å². The molecule has 104 valence electrons. The lowest BCUT2D eigenvalue weighted by Gasteiger charge is -2.29. The fourth-order valence-corrected chi connectivity index (χ4v) is 1.74. The maximum absolute atomic E-state index is 11.9. The molecule has 0 radical (unpaired) electrons. The first-order valence-corrected chi connectivity index (χ1v) is 6.27. The second-order valence-electron chi connectivity index (χ2n) is 4.63. The van der Waals surface area contributed by atoms with Crippen LogP contribution in [0.5, 0.6) is 0 Å². The van der Waals surface area contributed by atoms with Crippen LogP contribution in [0.2, 0.25) is 5.02 Å². The van der Waals surface area contributed by atoms with Crippen LogP contribution in [0.3, 0.4) is 0 Å². The van der Waals surface area contributed by atoms with Crippen molar-refractivity contribution in [1.82, 2.24) is 5.32 Å². The highest BCUT2D eigenvalue weighted by Gasteiger charge is 2.35. The highest BCUT2D eigenvalue weighted by atomic mass is 35.5. The maximum Gasteiger partial charge on any atom is 0.247 e. The van der Waals surface area contributed by atoms with E-state index < -0.39 is 17.4 Å². The second-order valence-corrected chi connectivity index (χ2v) is 5.06. The molecule has 0 saturated heterocycles. The van der Waals surface area contributed by atoms with Gasteiger partial charge in [-0.2, -0.15) is 0 Å². The molecule has 1 aromatic carbocycles. The van der Waals surface area contributed by atoms with Crippen molar-refractivity contribution in [2.75, 3.05) is 6.54 Å². The lowest BCUT2D eigenvalue weighted by atomic mass is 9.90. The highest BCUT2D eigenvalue weighted by Crippen LogP contribution is 2.23. The first-order chi connectivity index (χ1) is 8.81. The van der Waals surface area contributed by atoms with Gasteiger partial charge in [-0.15, -0.1) is 0 Å². The van der Waals surface area contributed by atoms with Crippen LogP contribution in [0.4, 0.5) is 0 Å². The smallest absolute Gasteiger partial charge is 0.247 e. The molecule has 0 fully saturated rings. The van der Waals surface area contributed by atoms with Crippen LogP contribution in [0, 0.1) is 5.92 Å². The van der Waals surface area contributed by atoms with Crippen LogP contribution in [-0.4, -0.2) is 18.4 Å². The summed E-state index contributed by atoms with van der Waals surface area (Å²) in [6.07, 6.45) is 0. The molecule has 2 atom stereocenters. The summed E-state index contributed by atoms with van der Waals surface area (Å²) in [4.78, 5) is 23.6. The summed E-state index contributed by atoms with van der Waals surface area (Å²) in [6, 6.07) is 6.65. The third kappa shape index (κ3) is 3.45. The van der Waals surface area contributed by atoms with Gasteiger partial charge in [0.2, 0.25) is 11.8 Å². The molecule has 0 aromatic heterocycles. The Morgan fingerprint density at radius 3 is 2.58 bits per heavy atom. The third-order valence-corrected chi connectivity index (χ3v) is 3.30. The molecular formula is C13H18ClN3O2. The first kappa shape index (κ1) is 15.5. The Morgan fingerprint density at radius 2 is 2.11 bits per heavy atom. The SMILES string of the molecule is CC(CN)C(=O)NC(C)(C(N)=O)c1cccc(Cl)c1. The summed E-state index contributed by atoms with van der Waals surface area (Å²) in [5.74, 6) is -1.39. The van der Waals surface area contributed by atoms with Gasteiger partial charge < -0.3 is 16.8 Å². The van der Waals surface area contributed by atoms with Crippen LogP contribution >= 0.6 is 11.6 Å². The van der Waals surface area contributed by atoms with Gasteiger partial charge >= 0.3 is 0 Å². The summed E-state index contributed by atoms with van der Waals surface area (Å²) in [7, 11) is 0. The quantitative estimate of drug-likeness (QED) is 0.744. The number of rotatable bonds is 5. The molecule has 2 unspecified atom stereocenters. The van der Waals surface area contributed by atoms with E-state index in [9.17, 15) is 9.59 Å². The summed E-state index contributed by atoms with van der Waals surface area (Å²) < 4.78 is 0. The number of carbonyl (C=O) groups excluding carboxylic acids is 2. The zero-order valence-corrected chi connectivity index (χ0v) is 11.7. The molecule has 0 aliphatic carbocycles. The maximum atomic E-state index is 11.9. The fraction of sp³-hybridized carbons (Fsp3) is 0.385. The predicted molar refractivity (Wildman–Crippen MR) is 74.4 cm³/mol. The molecule has 1 aromatic rings. The van der Waals surface area contributed by atoms with Gasteiger partial charge in [0, 0.05) is 17.5 Å². The molecule has 0 spiro atoms. The van der Waals surface area contributed by atoms with Crippen molar-refractivity contribution in [3.8, 4) is 0 Å². The molecule has 19 heavy (non-hydrogen) atoms. The molecule has 1 rings (SSSR count). The van der Waals surface area contributed by atoms with Crippen molar-refractivity contribution in [2.24, 2.45) is 17.4 Å². The van der Waals surface area contributed by atoms with Crippen molar-refractivity contribution in [3.05, 3.63) is 34.9 Å². The van der Waals surface area contributed by atoms with Crippen LogP contribution in [0.1, 0.15) is 19.4 Å². The van der Waals surface area contributed by atoms with Gasteiger partial charge in [0.05, 0.1) is 0 Å². The van der Waals surface area contributed by atoms with Crippen molar-refractivity contribution in [3.63, 3.8) is 0 Å². The predicted octanol–water partition coefficient (Wildman–Crippen LogP) is 0.752. The summed E-state index contributed by atoms with van der Waals surface area (Å²) >= 11 is 5.90. The lowest BCUT2D eigenvalue weighted by Crippen LogP contribution is -2.54. The van der Waals surface area contributed by atoms with E-state index in [0.29, 0.717) is 10.6 Å². The lowest BCUT2D eigenvalue weighted by molar-refractivity contribution is -0.133. The largest absolute Gasteiger partial charge is 0.367 e. The van der Waals surface area contributed by atoms with E-state index in [0.717, 1.165) is 0 Å². The Morgan fingerprint density at radius 1 is 1.47 bits per heavy atom. The van der Waals surface area contributed by atoms with Crippen molar-refractivity contribution in [1.29, 1.82) is 0 Å². The van der Waals surface area contributed by atoms with E-state index in [1.54, 1.807) is 38.1 Å². The van der Waals surface area contributed by atoms with Crippen LogP contribution in [0.25, 0.3) is 0 Å². The summed E-state index contributed by atoms with van der Waals surface area (Å²) in [5.41, 5.74) is 10.1. The monoisotopic (exact) mass is 283 g/mol. The fourth-order valence-electron chi connectivity index (χ4n) is 1.55. The van der Waals surface area contributed by atoms with Gasteiger partial charge in [-0.25, -0.2) is 0 Å². The molecule has 0 aliphatic heterocycles. The molecule has 0 aliphatic rings. The topological polar surface area (TPSA) is 98.2 Å². The second kappa shape index (κ2) is 6.04. The van der Waals surface area contributed by atoms with Crippen molar-refractivity contribution < 1.29 is 9.59 Å². The van der Waals surface area contributed by atoms with Crippen molar-refractivity contribution >= 4 is 23.4 Å². The molecular weight excluding hydrogens is 266 g/mol. The number of carbonyl (C=O) groups is 2. The van der Waals surface area contributed by atoms with E-state index in [1.165, 1.54) is 0 Å². The van der Waals surface area contributed by atoms with Gasteiger partial charge in [-0.1, -0.05) is 30.7 Å². The molecule has 0 heterocycles. The minimum absolute atomic E-state index is 0.191. The molecule has 0 bridgehead atoms. The number of benzene rings is 1. The van der Waals surface area contributed by atoms with Gasteiger partial charge in [-0.05, 0) is 24.6 Å². The molecule has 5 N–H and O–H groups in total. The third-order valence-electron chi connectivity index (χ3n) is 3.07. The Balaban J connectivity index is 3.11. The first-order valence-electron chi connectivity index (χ1n) is 5.89. The molecule has 6 heteroatoms. The highest BCUT2D eigenvalue weighted by molar-refractivity contribution is 6.30. The minimum Gasteiger partial charge on any atom is -0.367 e. The number of nitrogens with two attached hydrogens (primary N) is 2. The number of hydrogen-bond acceptors (Lipinski definition) is 3. The van der Waals surface area contributed by atoms with Gasteiger partial charge in [-0.3, -0.25) is 9.59 Å². The Labute approximate surface area is 117 Å². The van der Waals surface area contributed by atoms with Crippen molar-refractivity contribution in [2.45, 2.75) is 19.4 Å². The Hall–Kier alpha value is -1.59. The average molecular weight is 284 g/mol. The number of nitrogens with one attached hydrogen (secondary N) is 1. The summed E-state index contributed by atoms with van der Waals surface area (Å²) in [5, 5.41) is 3.10. The molecule has 0 saturated carbocycles. The standard InChI is InChI=1S/C13H18ClN3O2/c1-8(7-15)11(18)17-13(2,12(16)19)9-4-3-5-10(14)6-9/h3-6,8H,7,15H2,1-2H3,(H2,16,19)(H,17,18). The van der Waals surface area contributed by atoms with Crippen LogP contribution in [0.15, 0.2) is 24.3 Å². The number of hydrogen-bond donors (Lipinski definition) is 3.